The molecule has 0 spiro atoms. The van der Waals surface area contributed by atoms with Gasteiger partial charge in [0.1, 0.15) is 5.78 Å². The molecule has 0 atom stereocenters. The Bertz CT molecular complexity index is 358. The fraction of sp³-hybridized carbons (Fsp3) is 0.571. The summed E-state index contributed by atoms with van der Waals surface area (Å²) in [4.78, 5) is 15.7. The van der Waals surface area contributed by atoms with E-state index in [0.717, 1.165) is 25.7 Å². The summed E-state index contributed by atoms with van der Waals surface area (Å²) in [5.74, 6) is 0.400. The summed E-state index contributed by atoms with van der Waals surface area (Å²) >= 11 is 0. The minimum Gasteiger partial charge on any atom is -0.300 e. The van der Waals surface area contributed by atoms with Crippen LogP contribution in [0.25, 0.3) is 0 Å². The summed E-state index contributed by atoms with van der Waals surface area (Å²) in [7, 11) is 0. The van der Waals surface area contributed by atoms with Gasteiger partial charge in [-0.2, -0.15) is 0 Å². The molecule has 1 heterocycles. The number of pyridine rings is 1. The number of hydrogen-bond donors (Lipinski definition) is 0. The number of rotatable bonds is 0. The maximum Gasteiger partial charge on any atom is 0.133 e. The molecule has 2 rings (SSSR count). The van der Waals surface area contributed by atoms with Gasteiger partial charge in [-0.1, -0.05) is 19.9 Å². The number of nitrogens with zero attached hydrogens (tertiary/aromatic N) is 1. The lowest BCUT2D eigenvalue weighted by Crippen LogP contribution is -2.08. The van der Waals surface area contributed by atoms with Crippen LogP contribution in [0, 0.1) is 6.92 Å². The van der Waals surface area contributed by atoms with Crippen LogP contribution in [0.5, 0.6) is 0 Å². The molecule has 0 N–H and O–H groups in total. The Morgan fingerprint density at radius 1 is 1.12 bits per heavy atom. The first-order valence-electron chi connectivity index (χ1n) is 6.22. The maximum absolute atomic E-state index is 11.3. The van der Waals surface area contributed by atoms with Gasteiger partial charge < -0.3 is 0 Å². The summed E-state index contributed by atoms with van der Waals surface area (Å²) in [6, 6.07) is 2.17. The molecule has 0 aromatic carbocycles. The number of ketones is 1. The SMILES string of the molecule is CC.Cc1cnc2c(c1)CCC(=O)CCC2. The van der Waals surface area contributed by atoms with E-state index < -0.39 is 0 Å². The van der Waals surface area contributed by atoms with Crippen LogP contribution in [-0.2, 0) is 17.6 Å². The largest absolute Gasteiger partial charge is 0.300 e. The molecule has 2 nitrogen and oxygen atoms in total. The molecule has 0 saturated carbocycles. The number of carbonyl (C=O) groups excluding carboxylic acids is 1. The van der Waals surface area contributed by atoms with Gasteiger partial charge in [-0.3, -0.25) is 9.78 Å². The number of fused-ring (bicyclic) bond motifs is 1. The Hall–Kier alpha value is -1.18. The third-order valence-corrected chi connectivity index (χ3v) is 2.74. The molecule has 0 saturated heterocycles. The fourth-order valence-corrected chi connectivity index (χ4v) is 1.95. The standard InChI is InChI=1S/C12H15NO.C2H6/c1-9-7-10-5-6-11(14)3-2-4-12(10)13-8-9;1-2/h7-8H,2-6H2,1H3;1-2H3. The van der Waals surface area contributed by atoms with Gasteiger partial charge >= 0.3 is 0 Å². The van der Waals surface area contributed by atoms with Crippen LogP contribution in [0.4, 0.5) is 0 Å². The maximum atomic E-state index is 11.3. The molecule has 0 fully saturated rings. The topological polar surface area (TPSA) is 30.0 Å². The third-order valence-electron chi connectivity index (χ3n) is 2.74. The Morgan fingerprint density at radius 2 is 1.88 bits per heavy atom. The van der Waals surface area contributed by atoms with Crippen LogP contribution >= 0.6 is 0 Å². The number of hydrogen-bond acceptors (Lipinski definition) is 2. The number of carbonyl (C=O) groups is 1. The molecule has 16 heavy (non-hydrogen) atoms. The molecule has 0 amide bonds. The minimum absolute atomic E-state index is 0.400. The fourth-order valence-electron chi connectivity index (χ4n) is 1.95. The molecule has 1 aliphatic rings. The van der Waals surface area contributed by atoms with E-state index in [1.165, 1.54) is 16.8 Å². The summed E-state index contributed by atoms with van der Waals surface area (Å²) in [6.07, 6.45) is 6.14. The van der Waals surface area contributed by atoms with Gasteiger partial charge in [0, 0.05) is 24.7 Å². The Morgan fingerprint density at radius 3 is 2.62 bits per heavy atom. The molecule has 0 radical (unpaired) electrons. The molecular formula is C14H21NO. The van der Waals surface area contributed by atoms with Crippen molar-refractivity contribution in [1.29, 1.82) is 0 Å². The van der Waals surface area contributed by atoms with Crippen LogP contribution in [-0.4, -0.2) is 10.8 Å². The van der Waals surface area contributed by atoms with Gasteiger partial charge in [0.05, 0.1) is 0 Å². The van der Waals surface area contributed by atoms with Crippen LogP contribution in [0.15, 0.2) is 12.3 Å². The number of aromatic nitrogens is 1. The van der Waals surface area contributed by atoms with Crippen molar-refractivity contribution in [2.24, 2.45) is 0 Å². The van der Waals surface area contributed by atoms with E-state index in [4.69, 9.17) is 0 Å². The lowest BCUT2D eigenvalue weighted by Gasteiger charge is -2.12. The quantitative estimate of drug-likeness (QED) is 0.670. The molecule has 88 valence electrons. The van der Waals surface area contributed by atoms with Crippen LogP contribution in [0.3, 0.4) is 0 Å². The molecule has 1 aliphatic carbocycles. The van der Waals surface area contributed by atoms with Crippen molar-refractivity contribution in [3.05, 3.63) is 29.1 Å². The summed E-state index contributed by atoms with van der Waals surface area (Å²) in [5.41, 5.74) is 3.66. The van der Waals surface area contributed by atoms with E-state index in [-0.39, 0.29) is 0 Å². The van der Waals surface area contributed by atoms with Gasteiger partial charge in [0.15, 0.2) is 0 Å². The van der Waals surface area contributed by atoms with Crippen molar-refractivity contribution < 1.29 is 4.79 Å². The number of Topliss-reactive ketones (excluding diaryl/α,β-unsaturated/α-hetero) is 1. The summed E-state index contributed by atoms with van der Waals surface area (Å²) in [6.45, 7) is 6.05. The van der Waals surface area contributed by atoms with Gasteiger partial charge in [-0.15, -0.1) is 0 Å². The second kappa shape index (κ2) is 6.41. The van der Waals surface area contributed by atoms with Crippen molar-refractivity contribution in [2.75, 3.05) is 0 Å². The monoisotopic (exact) mass is 219 g/mol. The van der Waals surface area contributed by atoms with Gasteiger partial charge in [0.25, 0.3) is 0 Å². The van der Waals surface area contributed by atoms with Crippen molar-refractivity contribution in [1.82, 2.24) is 4.98 Å². The Balaban J connectivity index is 0.000000606. The predicted octanol–water partition coefficient (Wildman–Crippen LogP) is 3.25. The molecule has 0 aliphatic heterocycles. The van der Waals surface area contributed by atoms with Gasteiger partial charge in [0.2, 0.25) is 0 Å². The summed E-state index contributed by atoms with van der Waals surface area (Å²) in [5, 5.41) is 0. The minimum atomic E-state index is 0.400. The third kappa shape index (κ3) is 3.44. The second-order valence-corrected chi connectivity index (χ2v) is 4.01. The van der Waals surface area contributed by atoms with E-state index >= 15 is 0 Å². The zero-order valence-electron chi connectivity index (χ0n) is 10.5. The van der Waals surface area contributed by atoms with E-state index in [2.05, 4.69) is 11.1 Å². The Labute approximate surface area is 98.1 Å². The zero-order chi connectivity index (χ0) is 12.0. The molecule has 2 heteroatoms. The highest BCUT2D eigenvalue weighted by Gasteiger charge is 2.12. The molecule has 1 aromatic rings. The lowest BCUT2D eigenvalue weighted by molar-refractivity contribution is -0.119. The molecular weight excluding hydrogens is 198 g/mol. The van der Waals surface area contributed by atoms with Crippen LogP contribution in [0.1, 0.15) is 49.9 Å². The predicted molar refractivity (Wildman–Crippen MR) is 66.6 cm³/mol. The highest BCUT2D eigenvalue weighted by molar-refractivity contribution is 5.78. The van der Waals surface area contributed by atoms with E-state index in [9.17, 15) is 4.79 Å². The first kappa shape index (κ1) is 12.9. The van der Waals surface area contributed by atoms with Crippen molar-refractivity contribution in [3.8, 4) is 0 Å². The van der Waals surface area contributed by atoms with Gasteiger partial charge in [-0.05, 0) is 37.3 Å². The summed E-state index contributed by atoms with van der Waals surface area (Å²) < 4.78 is 0. The van der Waals surface area contributed by atoms with Gasteiger partial charge in [-0.25, -0.2) is 0 Å². The van der Waals surface area contributed by atoms with Crippen molar-refractivity contribution in [2.45, 2.75) is 52.9 Å². The average molecular weight is 219 g/mol. The average Bonchev–Trinajstić information content (AvgIpc) is 2.29. The molecule has 1 aromatic heterocycles. The Kier molecular flexibility index (Phi) is 5.17. The lowest BCUT2D eigenvalue weighted by atomic mass is 9.96. The van der Waals surface area contributed by atoms with E-state index in [1.54, 1.807) is 0 Å². The number of aryl methyl sites for hydroxylation is 3. The normalized spacial score (nSPS) is 15.3. The molecule has 0 unspecified atom stereocenters. The second-order valence-electron chi connectivity index (χ2n) is 4.01. The van der Waals surface area contributed by atoms with E-state index in [1.807, 2.05) is 27.0 Å². The highest BCUT2D eigenvalue weighted by Crippen LogP contribution is 2.17. The van der Waals surface area contributed by atoms with Crippen molar-refractivity contribution >= 4 is 5.78 Å². The smallest absolute Gasteiger partial charge is 0.133 e. The first-order valence-corrected chi connectivity index (χ1v) is 6.22. The van der Waals surface area contributed by atoms with Crippen molar-refractivity contribution in [3.63, 3.8) is 0 Å². The van der Waals surface area contributed by atoms with Crippen LogP contribution in [0.2, 0.25) is 0 Å². The van der Waals surface area contributed by atoms with E-state index in [0.29, 0.717) is 12.2 Å². The molecule has 0 bridgehead atoms. The zero-order valence-corrected chi connectivity index (χ0v) is 10.5. The highest BCUT2D eigenvalue weighted by atomic mass is 16.1. The first-order chi connectivity index (χ1) is 7.75. The van der Waals surface area contributed by atoms with Crippen LogP contribution < -0.4 is 0 Å².